The van der Waals surface area contributed by atoms with Crippen molar-refractivity contribution < 1.29 is 5.11 Å². The number of hydrogen-bond acceptors (Lipinski definition) is 5. The largest absolute Gasteiger partial charge is 0.388 e. The Labute approximate surface area is 107 Å². The standard InChI is InChI=1S/C13H20N4O/c1-17-10-2-3-11(17)5-13(18,4-10)12(14)9-6-15-8-16-7-9/h6-8,10-12,18H,2-5,14H2,1H3. The maximum Gasteiger partial charge on any atom is 0.115 e. The van der Waals surface area contributed by atoms with Crippen molar-refractivity contribution in [2.75, 3.05) is 7.05 Å². The molecule has 0 radical (unpaired) electrons. The minimum Gasteiger partial charge on any atom is -0.388 e. The van der Waals surface area contributed by atoms with Crippen LogP contribution in [-0.4, -0.2) is 44.7 Å². The summed E-state index contributed by atoms with van der Waals surface area (Å²) in [7, 11) is 2.15. The van der Waals surface area contributed by atoms with Gasteiger partial charge in [0.15, 0.2) is 0 Å². The molecule has 18 heavy (non-hydrogen) atoms. The van der Waals surface area contributed by atoms with E-state index in [0.717, 1.165) is 18.4 Å². The van der Waals surface area contributed by atoms with Gasteiger partial charge in [-0.3, -0.25) is 0 Å². The number of aliphatic hydroxyl groups is 1. The average molecular weight is 248 g/mol. The summed E-state index contributed by atoms with van der Waals surface area (Å²) < 4.78 is 0. The molecule has 3 heterocycles. The molecule has 3 unspecified atom stereocenters. The lowest BCUT2D eigenvalue weighted by Crippen LogP contribution is -2.54. The summed E-state index contributed by atoms with van der Waals surface area (Å²) in [5.41, 5.74) is 6.26. The van der Waals surface area contributed by atoms with Crippen LogP contribution in [0, 0.1) is 0 Å². The molecule has 98 valence electrons. The van der Waals surface area contributed by atoms with Crippen molar-refractivity contribution in [2.24, 2.45) is 5.73 Å². The van der Waals surface area contributed by atoms with Crippen molar-refractivity contribution in [3.63, 3.8) is 0 Å². The minimum atomic E-state index is -0.816. The number of piperidine rings is 1. The normalized spacial score (nSPS) is 37.7. The number of hydrogen-bond donors (Lipinski definition) is 2. The van der Waals surface area contributed by atoms with E-state index < -0.39 is 11.6 Å². The summed E-state index contributed by atoms with van der Waals surface area (Å²) in [6.45, 7) is 0. The molecule has 0 amide bonds. The van der Waals surface area contributed by atoms with E-state index in [2.05, 4.69) is 21.9 Å². The number of rotatable bonds is 2. The summed E-state index contributed by atoms with van der Waals surface area (Å²) in [6.07, 6.45) is 8.72. The maximum absolute atomic E-state index is 10.9. The quantitative estimate of drug-likeness (QED) is 0.795. The van der Waals surface area contributed by atoms with Gasteiger partial charge in [0.2, 0.25) is 0 Å². The molecule has 3 rings (SSSR count). The molecule has 1 aromatic rings. The second-order valence-corrected chi connectivity index (χ2v) is 5.71. The first kappa shape index (κ1) is 12.0. The summed E-state index contributed by atoms with van der Waals surface area (Å²) in [5, 5.41) is 10.9. The summed E-state index contributed by atoms with van der Waals surface area (Å²) in [5.74, 6) is 0. The Balaban J connectivity index is 1.84. The lowest BCUT2D eigenvalue weighted by atomic mass is 9.79. The monoisotopic (exact) mass is 248 g/mol. The van der Waals surface area contributed by atoms with Crippen LogP contribution in [0.25, 0.3) is 0 Å². The highest BCUT2D eigenvalue weighted by Gasteiger charge is 2.49. The van der Waals surface area contributed by atoms with Crippen LogP contribution in [0.1, 0.15) is 37.3 Å². The fourth-order valence-corrected chi connectivity index (χ4v) is 3.52. The van der Waals surface area contributed by atoms with Gasteiger partial charge < -0.3 is 15.7 Å². The summed E-state index contributed by atoms with van der Waals surface area (Å²) in [6, 6.07) is 0.532. The highest BCUT2D eigenvalue weighted by atomic mass is 16.3. The molecule has 3 atom stereocenters. The SMILES string of the molecule is CN1C2CCC1CC(O)(C(N)c1cncnc1)C2. The molecule has 0 aliphatic carbocycles. The van der Waals surface area contributed by atoms with Crippen molar-refractivity contribution in [3.8, 4) is 0 Å². The molecule has 5 nitrogen and oxygen atoms in total. The minimum absolute atomic E-state index is 0.393. The topological polar surface area (TPSA) is 75.3 Å². The summed E-state index contributed by atoms with van der Waals surface area (Å²) in [4.78, 5) is 10.4. The maximum atomic E-state index is 10.9. The molecule has 2 saturated heterocycles. The molecule has 0 saturated carbocycles. The van der Waals surface area contributed by atoms with E-state index in [1.165, 1.54) is 19.2 Å². The number of nitrogens with two attached hydrogens (primary N) is 1. The van der Waals surface area contributed by atoms with Gasteiger partial charge in [-0.15, -0.1) is 0 Å². The lowest BCUT2D eigenvalue weighted by Gasteiger charge is -2.45. The van der Waals surface area contributed by atoms with Gasteiger partial charge in [-0.25, -0.2) is 9.97 Å². The smallest absolute Gasteiger partial charge is 0.115 e. The van der Waals surface area contributed by atoms with Gasteiger partial charge in [0, 0.05) is 30.0 Å². The zero-order chi connectivity index (χ0) is 12.8. The Morgan fingerprint density at radius 2 is 1.89 bits per heavy atom. The first-order valence-electron chi connectivity index (χ1n) is 6.55. The van der Waals surface area contributed by atoms with E-state index in [1.54, 1.807) is 12.4 Å². The molecular weight excluding hydrogens is 228 g/mol. The number of aromatic nitrogens is 2. The number of nitrogens with zero attached hydrogens (tertiary/aromatic N) is 3. The molecular formula is C13H20N4O. The predicted octanol–water partition coefficient (Wildman–Crippen LogP) is 0.464. The average Bonchev–Trinajstić information content (AvgIpc) is 2.63. The van der Waals surface area contributed by atoms with Gasteiger partial charge >= 0.3 is 0 Å². The molecule has 1 aromatic heterocycles. The van der Waals surface area contributed by atoms with E-state index >= 15 is 0 Å². The van der Waals surface area contributed by atoms with Crippen LogP contribution in [0.15, 0.2) is 18.7 Å². The molecule has 2 aliphatic heterocycles. The van der Waals surface area contributed by atoms with Crippen LogP contribution in [-0.2, 0) is 0 Å². The highest BCUT2D eigenvalue weighted by molar-refractivity contribution is 5.17. The Morgan fingerprint density at radius 1 is 1.33 bits per heavy atom. The van der Waals surface area contributed by atoms with Gasteiger partial charge in [-0.2, -0.15) is 0 Å². The van der Waals surface area contributed by atoms with Crippen LogP contribution >= 0.6 is 0 Å². The van der Waals surface area contributed by atoms with Gasteiger partial charge in [0.05, 0.1) is 11.6 Å². The summed E-state index contributed by atoms with van der Waals surface area (Å²) >= 11 is 0. The van der Waals surface area contributed by atoms with Crippen molar-refractivity contribution in [2.45, 2.75) is 49.4 Å². The van der Waals surface area contributed by atoms with Crippen molar-refractivity contribution in [3.05, 3.63) is 24.3 Å². The third kappa shape index (κ3) is 1.83. The highest BCUT2D eigenvalue weighted by Crippen LogP contribution is 2.44. The van der Waals surface area contributed by atoms with Crippen molar-refractivity contribution in [1.29, 1.82) is 0 Å². The Bertz CT molecular complexity index is 410. The molecule has 0 aromatic carbocycles. The van der Waals surface area contributed by atoms with Crippen LogP contribution < -0.4 is 5.73 Å². The Morgan fingerprint density at radius 3 is 2.44 bits per heavy atom. The molecule has 3 N–H and O–H groups in total. The Hall–Kier alpha value is -1.04. The van der Waals surface area contributed by atoms with Crippen molar-refractivity contribution >= 4 is 0 Å². The fraction of sp³-hybridized carbons (Fsp3) is 0.692. The first-order chi connectivity index (χ1) is 8.60. The molecule has 0 spiro atoms. The molecule has 2 fully saturated rings. The van der Waals surface area contributed by atoms with Crippen LogP contribution in [0.4, 0.5) is 0 Å². The second kappa shape index (κ2) is 4.26. The second-order valence-electron chi connectivity index (χ2n) is 5.71. The molecule has 2 aliphatic rings. The van der Waals surface area contributed by atoms with Gasteiger partial charge in [0.25, 0.3) is 0 Å². The van der Waals surface area contributed by atoms with E-state index in [4.69, 9.17) is 5.73 Å². The van der Waals surface area contributed by atoms with Crippen LogP contribution in [0.3, 0.4) is 0 Å². The van der Waals surface area contributed by atoms with Gasteiger partial charge in [0.1, 0.15) is 6.33 Å². The number of fused-ring (bicyclic) bond motifs is 2. The zero-order valence-electron chi connectivity index (χ0n) is 10.7. The van der Waals surface area contributed by atoms with Gasteiger partial charge in [-0.1, -0.05) is 0 Å². The Kier molecular flexibility index (Phi) is 2.84. The van der Waals surface area contributed by atoms with Crippen molar-refractivity contribution in [1.82, 2.24) is 14.9 Å². The van der Waals surface area contributed by atoms with E-state index in [1.807, 2.05) is 0 Å². The zero-order valence-corrected chi connectivity index (χ0v) is 10.7. The van der Waals surface area contributed by atoms with E-state index in [-0.39, 0.29) is 0 Å². The molecule has 5 heteroatoms. The predicted molar refractivity (Wildman–Crippen MR) is 67.7 cm³/mol. The lowest BCUT2D eigenvalue weighted by molar-refractivity contribution is -0.0630. The van der Waals surface area contributed by atoms with Crippen LogP contribution in [0.5, 0.6) is 0 Å². The van der Waals surface area contributed by atoms with Gasteiger partial charge in [-0.05, 0) is 32.7 Å². The fourth-order valence-electron chi connectivity index (χ4n) is 3.52. The first-order valence-corrected chi connectivity index (χ1v) is 6.55. The van der Waals surface area contributed by atoms with E-state index in [9.17, 15) is 5.11 Å². The van der Waals surface area contributed by atoms with E-state index in [0.29, 0.717) is 12.1 Å². The molecule has 2 bridgehead atoms. The van der Waals surface area contributed by atoms with Crippen LogP contribution in [0.2, 0.25) is 0 Å². The third-order valence-electron chi connectivity index (χ3n) is 4.68. The third-order valence-corrected chi connectivity index (χ3v) is 4.68.